The highest BCUT2D eigenvalue weighted by Crippen LogP contribution is 2.24. The number of carbonyl (C=O) groups is 1. The van der Waals surface area contributed by atoms with E-state index in [0.29, 0.717) is 18.7 Å². The average molecular weight is 323 g/mol. The van der Waals surface area contributed by atoms with E-state index >= 15 is 0 Å². The molecule has 0 unspecified atom stereocenters. The van der Waals surface area contributed by atoms with Gasteiger partial charge in [-0.15, -0.1) is 0 Å². The van der Waals surface area contributed by atoms with Crippen LogP contribution in [0.2, 0.25) is 5.02 Å². The average Bonchev–Trinajstić information content (AvgIpc) is 2.88. The molecule has 0 fully saturated rings. The molecule has 1 heterocycles. The summed E-state index contributed by atoms with van der Waals surface area (Å²) in [5, 5.41) is 17.5. The summed E-state index contributed by atoms with van der Waals surface area (Å²) in [6, 6.07) is 3.91. The number of hydrogen-bond acceptors (Lipinski definition) is 4. The Labute approximate surface area is 132 Å². The molecule has 0 radical (unpaired) electrons. The molecule has 0 aliphatic rings. The predicted molar refractivity (Wildman–Crippen MR) is 82.0 cm³/mol. The molecule has 2 aromatic rings. The van der Waals surface area contributed by atoms with Gasteiger partial charge in [-0.3, -0.25) is 19.6 Å². The fraction of sp³-hybridized carbons (Fsp3) is 0.286. The Morgan fingerprint density at radius 2 is 2.27 bits per heavy atom. The van der Waals surface area contributed by atoms with Gasteiger partial charge in [-0.05, 0) is 31.0 Å². The van der Waals surface area contributed by atoms with Crippen LogP contribution in [0.15, 0.2) is 30.6 Å². The van der Waals surface area contributed by atoms with Crippen molar-refractivity contribution in [2.24, 2.45) is 0 Å². The van der Waals surface area contributed by atoms with Crippen molar-refractivity contribution in [2.45, 2.75) is 19.9 Å². The molecule has 0 spiro atoms. The van der Waals surface area contributed by atoms with Crippen LogP contribution in [0.4, 0.5) is 5.69 Å². The first kappa shape index (κ1) is 16.0. The first-order valence-corrected chi connectivity index (χ1v) is 7.06. The van der Waals surface area contributed by atoms with Gasteiger partial charge in [0.1, 0.15) is 5.02 Å². The highest BCUT2D eigenvalue weighted by atomic mass is 35.5. The molecule has 0 bridgehead atoms. The second kappa shape index (κ2) is 7.04. The summed E-state index contributed by atoms with van der Waals surface area (Å²) in [5.41, 5.74) is 1.17. The third kappa shape index (κ3) is 4.05. The third-order valence-corrected chi connectivity index (χ3v) is 3.32. The Hall–Kier alpha value is -2.41. The highest BCUT2D eigenvalue weighted by Gasteiger charge is 2.14. The lowest BCUT2D eigenvalue weighted by Gasteiger charge is -2.06. The van der Waals surface area contributed by atoms with E-state index in [4.69, 9.17) is 11.6 Å². The Kier molecular flexibility index (Phi) is 5.11. The molecule has 1 aromatic heterocycles. The Morgan fingerprint density at radius 3 is 2.86 bits per heavy atom. The monoisotopic (exact) mass is 322 g/mol. The van der Waals surface area contributed by atoms with Crippen molar-refractivity contribution >= 4 is 23.2 Å². The molecule has 1 aromatic carbocycles. The number of amides is 1. The van der Waals surface area contributed by atoms with Crippen molar-refractivity contribution in [1.29, 1.82) is 0 Å². The maximum Gasteiger partial charge on any atom is 0.287 e. The van der Waals surface area contributed by atoms with Gasteiger partial charge in [0.05, 0.1) is 11.1 Å². The zero-order chi connectivity index (χ0) is 16.1. The van der Waals surface area contributed by atoms with Crippen molar-refractivity contribution in [3.8, 4) is 0 Å². The van der Waals surface area contributed by atoms with Crippen molar-refractivity contribution in [3.05, 3.63) is 56.9 Å². The van der Waals surface area contributed by atoms with E-state index in [1.54, 1.807) is 6.20 Å². The number of nitrogens with one attached hydrogen (secondary N) is 1. The Balaban J connectivity index is 1.84. The van der Waals surface area contributed by atoms with E-state index < -0.39 is 4.92 Å². The lowest BCUT2D eigenvalue weighted by molar-refractivity contribution is -0.384. The molecule has 1 N–H and O–H groups in total. The zero-order valence-electron chi connectivity index (χ0n) is 12.0. The van der Waals surface area contributed by atoms with Crippen molar-refractivity contribution in [1.82, 2.24) is 15.1 Å². The predicted octanol–water partition coefficient (Wildman–Crippen LogP) is 2.57. The number of rotatable bonds is 6. The second-order valence-corrected chi connectivity index (χ2v) is 5.22. The van der Waals surface area contributed by atoms with Crippen LogP contribution in [0.5, 0.6) is 0 Å². The molecule has 8 heteroatoms. The van der Waals surface area contributed by atoms with E-state index in [1.807, 2.05) is 17.8 Å². The lowest BCUT2D eigenvalue weighted by atomic mass is 10.2. The molecule has 1 amide bonds. The zero-order valence-corrected chi connectivity index (χ0v) is 12.7. The molecule has 0 aliphatic heterocycles. The van der Waals surface area contributed by atoms with Crippen LogP contribution in [0, 0.1) is 17.0 Å². The molecule has 0 saturated heterocycles. The van der Waals surface area contributed by atoms with Crippen molar-refractivity contribution < 1.29 is 9.72 Å². The summed E-state index contributed by atoms with van der Waals surface area (Å²) in [7, 11) is 0. The summed E-state index contributed by atoms with van der Waals surface area (Å²) in [5.74, 6) is -0.312. The molecule has 22 heavy (non-hydrogen) atoms. The number of aryl methyl sites for hydroxylation is 2. The number of aromatic nitrogens is 2. The molecule has 0 aliphatic carbocycles. The molecular formula is C14H15ClN4O3. The van der Waals surface area contributed by atoms with Gasteiger partial charge >= 0.3 is 0 Å². The molecule has 0 atom stereocenters. The quantitative estimate of drug-likeness (QED) is 0.503. The van der Waals surface area contributed by atoms with Gasteiger partial charge in [0, 0.05) is 30.9 Å². The van der Waals surface area contributed by atoms with E-state index in [2.05, 4.69) is 10.4 Å². The van der Waals surface area contributed by atoms with E-state index in [0.717, 1.165) is 12.0 Å². The second-order valence-electron chi connectivity index (χ2n) is 4.81. The number of carbonyl (C=O) groups excluding carboxylic acids is 1. The van der Waals surface area contributed by atoms with Gasteiger partial charge in [0.25, 0.3) is 11.6 Å². The first-order chi connectivity index (χ1) is 10.5. The Bertz CT molecular complexity index is 699. The number of benzene rings is 1. The maximum absolute atomic E-state index is 11.9. The summed E-state index contributed by atoms with van der Waals surface area (Å²) in [6.45, 7) is 3.14. The summed E-state index contributed by atoms with van der Waals surface area (Å²) in [6.07, 6.45) is 4.43. The fourth-order valence-electron chi connectivity index (χ4n) is 1.93. The minimum atomic E-state index is -0.587. The molecular weight excluding hydrogens is 308 g/mol. The van der Waals surface area contributed by atoms with Gasteiger partial charge < -0.3 is 5.32 Å². The topological polar surface area (TPSA) is 90.1 Å². The van der Waals surface area contributed by atoms with Gasteiger partial charge in [0.15, 0.2) is 0 Å². The smallest absolute Gasteiger partial charge is 0.287 e. The largest absolute Gasteiger partial charge is 0.352 e. The number of halogens is 1. The van der Waals surface area contributed by atoms with E-state index in [9.17, 15) is 14.9 Å². The molecule has 7 nitrogen and oxygen atoms in total. The summed E-state index contributed by atoms with van der Waals surface area (Å²) >= 11 is 5.78. The summed E-state index contributed by atoms with van der Waals surface area (Å²) < 4.78 is 1.81. The lowest BCUT2D eigenvalue weighted by Crippen LogP contribution is -2.25. The normalized spacial score (nSPS) is 10.5. The standard InChI is InChI=1S/C14H15ClN4O3/c1-10-8-17-18(9-10)6-2-5-16-14(20)11-3-4-13(19(21)22)12(15)7-11/h3-4,7-9H,2,5-6H2,1H3,(H,16,20). The van der Waals surface area contributed by atoms with Crippen LogP contribution in [0.25, 0.3) is 0 Å². The van der Waals surface area contributed by atoms with Crippen LogP contribution in [-0.4, -0.2) is 27.2 Å². The van der Waals surface area contributed by atoms with Gasteiger partial charge in [0.2, 0.25) is 0 Å². The molecule has 116 valence electrons. The summed E-state index contributed by atoms with van der Waals surface area (Å²) in [4.78, 5) is 22.0. The fourth-order valence-corrected chi connectivity index (χ4v) is 2.18. The van der Waals surface area contributed by atoms with Crippen LogP contribution in [0.3, 0.4) is 0 Å². The van der Waals surface area contributed by atoms with E-state index in [1.165, 1.54) is 18.2 Å². The number of nitro groups is 1. The van der Waals surface area contributed by atoms with Crippen LogP contribution >= 0.6 is 11.6 Å². The van der Waals surface area contributed by atoms with Gasteiger partial charge in [-0.2, -0.15) is 5.10 Å². The number of nitro benzene ring substituents is 1. The number of hydrogen-bond donors (Lipinski definition) is 1. The number of nitrogens with zero attached hydrogens (tertiary/aromatic N) is 3. The van der Waals surface area contributed by atoms with Crippen molar-refractivity contribution in [2.75, 3.05) is 6.54 Å². The van der Waals surface area contributed by atoms with Gasteiger partial charge in [-0.1, -0.05) is 11.6 Å². The SMILES string of the molecule is Cc1cnn(CCCNC(=O)c2ccc([N+](=O)[O-])c(Cl)c2)c1. The first-order valence-electron chi connectivity index (χ1n) is 6.68. The minimum Gasteiger partial charge on any atom is -0.352 e. The van der Waals surface area contributed by atoms with Crippen LogP contribution in [-0.2, 0) is 6.54 Å². The molecule has 0 saturated carbocycles. The highest BCUT2D eigenvalue weighted by molar-refractivity contribution is 6.33. The van der Waals surface area contributed by atoms with Crippen LogP contribution < -0.4 is 5.32 Å². The third-order valence-electron chi connectivity index (χ3n) is 3.02. The van der Waals surface area contributed by atoms with Crippen LogP contribution in [0.1, 0.15) is 22.3 Å². The maximum atomic E-state index is 11.9. The van der Waals surface area contributed by atoms with E-state index in [-0.39, 0.29) is 16.6 Å². The van der Waals surface area contributed by atoms with Gasteiger partial charge in [-0.25, -0.2) is 0 Å². The molecule has 2 rings (SSSR count). The minimum absolute atomic E-state index is 0.0512. The Morgan fingerprint density at radius 1 is 1.50 bits per heavy atom. The van der Waals surface area contributed by atoms with Crippen molar-refractivity contribution in [3.63, 3.8) is 0 Å².